The molecule has 0 fully saturated rings. The van der Waals surface area contributed by atoms with Crippen LogP contribution in [0, 0.1) is 0 Å². The summed E-state index contributed by atoms with van der Waals surface area (Å²) in [5.41, 5.74) is 1.80. The Hall–Kier alpha value is -0.220. The Morgan fingerprint density at radius 3 is 2.47 bits per heavy atom. The molecule has 0 saturated carbocycles. The minimum absolute atomic E-state index is 0.347. The lowest BCUT2D eigenvalue weighted by Crippen LogP contribution is -1.98. The highest BCUT2D eigenvalue weighted by Gasteiger charge is 2.18. The highest BCUT2D eigenvalue weighted by molar-refractivity contribution is 9.10. The van der Waals surface area contributed by atoms with Crippen molar-refractivity contribution in [2.45, 2.75) is 5.38 Å². The van der Waals surface area contributed by atoms with Crippen molar-refractivity contribution < 1.29 is 4.74 Å². The van der Waals surface area contributed by atoms with Gasteiger partial charge in [-0.3, -0.25) is 0 Å². The second-order valence-corrected chi connectivity index (χ2v) is 6.56. The minimum atomic E-state index is -0.347. The molecule has 0 heterocycles. The molecular weight excluding hydrogens is 415 g/mol. The standard InChI is InChI=1S/C14H10Br2Cl2O/c1-19-13-5-2-8(15)6-11(13)14(18)10-7-9(17)3-4-12(10)16/h2-7,14H,1H3. The normalized spacial score (nSPS) is 12.3. The Morgan fingerprint density at radius 2 is 1.79 bits per heavy atom. The van der Waals surface area contributed by atoms with Gasteiger partial charge in [-0.1, -0.05) is 43.5 Å². The summed E-state index contributed by atoms with van der Waals surface area (Å²) in [6, 6.07) is 11.3. The van der Waals surface area contributed by atoms with E-state index in [0.29, 0.717) is 5.02 Å². The number of alkyl halides is 1. The summed E-state index contributed by atoms with van der Waals surface area (Å²) >= 11 is 19.6. The molecule has 0 aliphatic heterocycles. The number of halogens is 4. The van der Waals surface area contributed by atoms with Crippen LogP contribution >= 0.6 is 55.1 Å². The first kappa shape index (κ1) is 15.2. The van der Waals surface area contributed by atoms with Crippen LogP contribution in [0.3, 0.4) is 0 Å². The maximum Gasteiger partial charge on any atom is 0.123 e. The number of rotatable bonds is 3. The van der Waals surface area contributed by atoms with Crippen molar-refractivity contribution in [2.75, 3.05) is 7.11 Å². The van der Waals surface area contributed by atoms with Gasteiger partial charge in [0.05, 0.1) is 12.5 Å². The summed E-state index contributed by atoms with van der Waals surface area (Å²) in [6.07, 6.45) is 0. The van der Waals surface area contributed by atoms with Crippen LogP contribution < -0.4 is 4.74 Å². The molecule has 0 radical (unpaired) electrons. The fourth-order valence-electron chi connectivity index (χ4n) is 1.78. The van der Waals surface area contributed by atoms with E-state index in [1.165, 1.54) is 0 Å². The molecule has 0 amide bonds. The van der Waals surface area contributed by atoms with E-state index < -0.39 is 0 Å². The van der Waals surface area contributed by atoms with Crippen molar-refractivity contribution >= 4 is 55.1 Å². The van der Waals surface area contributed by atoms with E-state index in [9.17, 15) is 0 Å². The number of benzene rings is 2. The Balaban J connectivity index is 2.51. The SMILES string of the molecule is COc1ccc(Br)cc1C(Cl)c1cc(Cl)ccc1Br. The van der Waals surface area contributed by atoms with Gasteiger partial charge in [0.2, 0.25) is 0 Å². The smallest absolute Gasteiger partial charge is 0.123 e. The van der Waals surface area contributed by atoms with Crippen LogP contribution in [0.4, 0.5) is 0 Å². The monoisotopic (exact) mass is 422 g/mol. The second kappa shape index (κ2) is 6.49. The van der Waals surface area contributed by atoms with Gasteiger partial charge >= 0.3 is 0 Å². The van der Waals surface area contributed by atoms with E-state index >= 15 is 0 Å². The minimum Gasteiger partial charge on any atom is -0.496 e. The average molecular weight is 425 g/mol. The molecule has 1 unspecified atom stereocenters. The van der Waals surface area contributed by atoms with Crippen LogP contribution in [-0.2, 0) is 0 Å². The topological polar surface area (TPSA) is 9.23 Å². The molecule has 2 rings (SSSR count). The molecule has 2 aromatic carbocycles. The van der Waals surface area contributed by atoms with Gasteiger partial charge in [0, 0.05) is 19.5 Å². The van der Waals surface area contributed by atoms with E-state index in [0.717, 1.165) is 25.8 Å². The molecule has 0 aromatic heterocycles. The van der Waals surface area contributed by atoms with Crippen molar-refractivity contribution in [2.24, 2.45) is 0 Å². The largest absolute Gasteiger partial charge is 0.496 e. The van der Waals surface area contributed by atoms with Gasteiger partial charge in [-0.25, -0.2) is 0 Å². The lowest BCUT2D eigenvalue weighted by Gasteiger charge is -2.16. The lowest BCUT2D eigenvalue weighted by atomic mass is 10.0. The molecule has 1 nitrogen and oxygen atoms in total. The van der Waals surface area contributed by atoms with Crippen molar-refractivity contribution in [1.82, 2.24) is 0 Å². The second-order valence-electron chi connectivity index (χ2n) is 3.91. The fraction of sp³-hybridized carbons (Fsp3) is 0.143. The number of ether oxygens (including phenoxy) is 1. The van der Waals surface area contributed by atoms with Crippen molar-refractivity contribution in [3.05, 3.63) is 61.5 Å². The number of hydrogen-bond acceptors (Lipinski definition) is 1. The third kappa shape index (κ3) is 3.46. The van der Waals surface area contributed by atoms with Gasteiger partial charge in [0.25, 0.3) is 0 Å². The van der Waals surface area contributed by atoms with E-state index in [2.05, 4.69) is 31.9 Å². The number of hydrogen-bond donors (Lipinski definition) is 0. The van der Waals surface area contributed by atoms with Gasteiger partial charge in [-0.15, -0.1) is 11.6 Å². The van der Waals surface area contributed by atoms with Crippen LogP contribution in [0.2, 0.25) is 5.02 Å². The van der Waals surface area contributed by atoms with Gasteiger partial charge in [0.15, 0.2) is 0 Å². The van der Waals surface area contributed by atoms with E-state index in [1.54, 1.807) is 7.11 Å². The molecule has 0 saturated heterocycles. The zero-order valence-corrected chi connectivity index (χ0v) is 14.6. The lowest BCUT2D eigenvalue weighted by molar-refractivity contribution is 0.410. The van der Waals surface area contributed by atoms with Crippen LogP contribution in [0.15, 0.2) is 45.3 Å². The van der Waals surface area contributed by atoms with Crippen LogP contribution in [0.1, 0.15) is 16.5 Å². The first-order chi connectivity index (χ1) is 9.02. The molecule has 0 bridgehead atoms. The molecule has 0 spiro atoms. The molecular formula is C14H10Br2Cl2O. The molecule has 0 aliphatic rings. The Bertz CT molecular complexity index is 602. The molecule has 1 atom stereocenters. The molecule has 100 valence electrons. The van der Waals surface area contributed by atoms with Gasteiger partial charge in [0.1, 0.15) is 5.75 Å². The van der Waals surface area contributed by atoms with E-state index in [1.807, 2.05) is 36.4 Å². The maximum atomic E-state index is 6.58. The molecule has 0 aliphatic carbocycles. The Morgan fingerprint density at radius 1 is 1.05 bits per heavy atom. The first-order valence-corrected chi connectivity index (χ1v) is 7.85. The van der Waals surface area contributed by atoms with Crippen molar-refractivity contribution in [1.29, 1.82) is 0 Å². The predicted octanol–water partition coefficient (Wildman–Crippen LogP) is 6.20. The first-order valence-electron chi connectivity index (χ1n) is 5.45. The summed E-state index contributed by atoms with van der Waals surface area (Å²) in [5, 5.41) is 0.304. The van der Waals surface area contributed by atoms with Gasteiger partial charge in [-0.05, 0) is 42.0 Å². The summed E-state index contributed by atoms with van der Waals surface area (Å²) < 4.78 is 7.23. The van der Waals surface area contributed by atoms with E-state index in [4.69, 9.17) is 27.9 Å². The summed E-state index contributed by atoms with van der Waals surface area (Å²) in [4.78, 5) is 0. The molecule has 0 N–H and O–H groups in total. The zero-order chi connectivity index (χ0) is 14.0. The summed E-state index contributed by atoms with van der Waals surface area (Å²) in [6.45, 7) is 0. The average Bonchev–Trinajstić information content (AvgIpc) is 2.40. The Labute approximate surface area is 139 Å². The van der Waals surface area contributed by atoms with Crippen LogP contribution in [-0.4, -0.2) is 7.11 Å². The summed E-state index contributed by atoms with van der Waals surface area (Å²) in [7, 11) is 1.63. The Kier molecular flexibility index (Phi) is 5.18. The van der Waals surface area contributed by atoms with Gasteiger partial charge < -0.3 is 4.74 Å². The third-order valence-electron chi connectivity index (χ3n) is 2.70. The fourth-order valence-corrected chi connectivity index (χ4v) is 3.30. The summed E-state index contributed by atoms with van der Waals surface area (Å²) in [5.74, 6) is 0.745. The van der Waals surface area contributed by atoms with E-state index in [-0.39, 0.29) is 5.38 Å². The van der Waals surface area contributed by atoms with Crippen molar-refractivity contribution in [3.8, 4) is 5.75 Å². The van der Waals surface area contributed by atoms with Crippen LogP contribution in [0.25, 0.3) is 0 Å². The number of methoxy groups -OCH3 is 1. The quantitative estimate of drug-likeness (QED) is 0.533. The highest BCUT2D eigenvalue weighted by atomic mass is 79.9. The third-order valence-corrected chi connectivity index (χ3v) is 4.62. The molecule has 19 heavy (non-hydrogen) atoms. The van der Waals surface area contributed by atoms with Gasteiger partial charge in [-0.2, -0.15) is 0 Å². The maximum absolute atomic E-state index is 6.58. The van der Waals surface area contributed by atoms with Crippen LogP contribution in [0.5, 0.6) is 5.75 Å². The highest BCUT2D eigenvalue weighted by Crippen LogP contribution is 2.40. The van der Waals surface area contributed by atoms with Crippen molar-refractivity contribution in [3.63, 3.8) is 0 Å². The molecule has 2 aromatic rings. The zero-order valence-electron chi connectivity index (χ0n) is 9.96. The molecule has 5 heteroatoms. The predicted molar refractivity (Wildman–Crippen MR) is 87.5 cm³/mol.